The van der Waals surface area contributed by atoms with Crippen LogP contribution in [-0.4, -0.2) is 37.2 Å². The van der Waals surface area contributed by atoms with Crippen molar-refractivity contribution in [1.29, 1.82) is 5.26 Å². The van der Waals surface area contributed by atoms with E-state index in [2.05, 4.69) is 0 Å². The molecular formula is C8H13F3N2O2S. The lowest BCUT2D eigenvalue weighted by molar-refractivity contribution is -0.135. The van der Waals surface area contributed by atoms with Crippen LogP contribution in [0.1, 0.15) is 20.3 Å². The molecule has 0 aliphatic rings. The monoisotopic (exact) mass is 258 g/mol. The SMILES string of the molecule is CCC(C#N)S(=O)(=O)N(CC)CC(F)(F)F. The molecule has 94 valence electrons. The van der Waals surface area contributed by atoms with E-state index in [1.165, 1.54) is 19.9 Å². The lowest BCUT2D eigenvalue weighted by atomic mass is 10.4. The van der Waals surface area contributed by atoms with E-state index in [-0.39, 0.29) is 17.3 Å². The Labute approximate surface area is 92.7 Å². The number of halogens is 3. The highest BCUT2D eigenvalue weighted by molar-refractivity contribution is 7.90. The number of nitriles is 1. The van der Waals surface area contributed by atoms with Crippen LogP contribution in [0.5, 0.6) is 0 Å². The van der Waals surface area contributed by atoms with Crippen molar-refractivity contribution in [3.63, 3.8) is 0 Å². The standard InChI is InChI=1S/C8H13F3N2O2S/c1-3-7(5-12)16(14,15)13(4-2)6-8(9,10)11/h7H,3-4,6H2,1-2H3. The Morgan fingerprint density at radius 2 is 1.88 bits per heavy atom. The normalized spacial score (nSPS) is 14.8. The fourth-order valence-electron chi connectivity index (χ4n) is 1.13. The Bertz CT molecular complexity index is 358. The lowest BCUT2D eigenvalue weighted by Gasteiger charge is -2.23. The second-order valence-electron chi connectivity index (χ2n) is 3.11. The van der Waals surface area contributed by atoms with E-state index in [1.54, 1.807) is 0 Å². The van der Waals surface area contributed by atoms with Gasteiger partial charge in [0.15, 0.2) is 5.25 Å². The van der Waals surface area contributed by atoms with Gasteiger partial charge in [-0.25, -0.2) is 8.42 Å². The minimum absolute atomic E-state index is 0.0345. The van der Waals surface area contributed by atoms with Gasteiger partial charge >= 0.3 is 6.18 Å². The summed E-state index contributed by atoms with van der Waals surface area (Å²) >= 11 is 0. The summed E-state index contributed by atoms with van der Waals surface area (Å²) in [4.78, 5) is 0. The summed E-state index contributed by atoms with van der Waals surface area (Å²) in [7, 11) is -4.19. The van der Waals surface area contributed by atoms with Crippen LogP contribution in [0.2, 0.25) is 0 Å². The van der Waals surface area contributed by atoms with Gasteiger partial charge in [0.1, 0.15) is 6.54 Å². The summed E-state index contributed by atoms with van der Waals surface area (Å²) in [6.45, 7) is 0.879. The predicted molar refractivity (Wildman–Crippen MR) is 51.9 cm³/mol. The Hall–Kier alpha value is -0.810. The van der Waals surface area contributed by atoms with E-state index in [0.717, 1.165) is 0 Å². The van der Waals surface area contributed by atoms with E-state index < -0.39 is 28.0 Å². The van der Waals surface area contributed by atoms with E-state index >= 15 is 0 Å². The van der Waals surface area contributed by atoms with Gasteiger partial charge in [-0.15, -0.1) is 0 Å². The Morgan fingerprint density at radius 3 is 2.12 bits per heavy atom. The summed E-state index contributed by atoms with van der Waals surface area (Å²) in [6, 6.07) is 1.50. The maximum Gasteiger partial charge on any atom is 0.402 e. The van der Waals surface area contributed by atoms with E-state index in [9.17, 15) is 21.6 Å². The van der Waals surface area contributed by atoms with Crippen LogP contribution in [0, 0.1) is 11.3 Å². The first-order valence-corrected chi connectivity index (χ1v) is 6.14. The van der Waals surface area contributed by atoms with E-state index in [1.807, 2.05) is 0 Å². The maximum atomic E-state index is 12.1. The van der Waals surface area contributed by atoms with Crippen molar-refractivity contribution < 1.29 is 21.6 Å². The van der Waals surface area contributed by atoms with Gasteiger partial charge in [0.25, 0.3) is 0 Å². The van der Waals surface area contributed by atoms with Crippen LogP contribution in [0.3, 0.4) is 0 Å². The second-order valence-corrected chi connectivity index (χ2v) is 5.23. The highest BCUT2D eigenvalue weighted by Gasteiger charge is 2.38. The van der Waals surface area contributed by atoms with Crippen molar-refractivity contribution in [2.24, 2.45) is 0 Å². The average Bonchev–Trinajstić information content (AvgIpc) is 2.14. The minimum atomic E-state index is -4.60. The van der Waals surface area contributed by atoms with Crippen molar-refractivity contribution in [2.45, 2.75) is 31.7 Å². The van der Waals surface area contributed by atoms with Crippen molar-refractivity contribution in [2.75, 3.05) is 13.1 Å². The first-order chi connectivity index (χ1) is 7.19. The van der Waals surface area contributed by atoms with Gasteiger partial charge in [0, 0.05) is 6.54 Å². The quantitative estimate of drug-likeness (QED) is 0.750. The maximum absolute atomic E-state index is 12.1. The number of hydrogen-bond donors (Lipinski definition) is 0. The first-order valence-electron chi connectivity index (χ1n) is 4.64. The molecule has 0 fully saturated rings. The molecule has 0 bridgehead atoms. The average molecular weight is 258 g/mol. The van der Waals surface area contributed by atoms with Gasteiger partial charge in [-0.3, -0.25) is 0 Å². The third-order valence-corrected chi connectivity index (χ3v) is 4.21. The Morgan fingerprint density at radius 1 is 1.38 bits per heavy atom. The van der Waals surface area contributed by atoms with Gasteiger partial charge in [-0.1, -0.05) is 13.8 Å². The van der Waals surface area contributed by atoms with Crippen LogP contribution in [0.15, 0.2) is 0 Å². The van der Waals surface area contributed by atoms with Crippen molar-refractivity contribution in [3.8, 4) is 6.07 Å². The van der Waals surface area contributed by atoms with Crippen molar-refractivity contribution >= 4 is 10.0 Å². The third kappa shape index (κ3) is 3.98. The summed E-state index contributed by atoms with van der Waals surface area (Å²) in [5, 5.41) is 7.15. The van der Waals surface area contributed by atoms with Crippen LogP contribution >= 0.6 is 0 Å². The molecule has 1 unspecified atom stereocenters. The molecule has 0 heterocycles. The zero-order chi connectivity index (χ0) is 13.0. The number of hydrogen-bond acceptors (Lipinski definition) is 3. The predicted octanol–water partition coefficient (Wildman–Crippen LogP) is 1.50. The summed E-state index contributed by atoms with van der Waals surface area (Å²) < 4.78 is 59.8. The summed E-state index contributed by atoms with van der Waals surface area (Å²) in [5.74, 6) is 0. The second kappa shape index (κ2) is 5.50. The van der Waals surface area contributed by atoms with Crippen molar-refractivity contribution in [3.05, 3.63) is 0 Å². The molecule has 1 atom stereocenters. The third-order valence-electron chi connectivity index (χ3n) is 1.94. The molecule has 8 heteroatoms. The molecule has 0 aromatic heterocycles. The van der Waals surface area contributed by atoms with Gasteiger partial charge in [0.05, 0.1) is 6.07 Å². The number of alkyl halides is 3. The van der Waals surface area contributed by atoms with Crippen LogP contribution in [-0.2, 0) is 10.0 Å². The molecule has 0 spiro atoms. The fourth-order valence-corrected chi connectivity index (χ4v) is 2.73. The zero-order valence-electron chi connectivity index (χ0n) is 8.95. The van der Waals surface area contributed by atoms with Gasteiger partial charge < -0.3 is 0 Å². The van der Waals surface area contributed by atoms with Crippen LogP contribution in [0.4, 0.5) is 13.2 Å². The molecule has 0 aliphatic carbocycles. The molecule has 0 saturated heterocycles. The number of rotatable bonds is 5. The number of nitrogens with zero attached hydrogens (tertiary/aromatic N) is 2. The molecule has 0 N–H and O–H groups in total. The Kier molecular flexibility index (Phi) is 5.22. The Balaban J connectivity index is 5.04. The first kappa shape index (κ1) is 15.2. The van der Waals surface area contributed by atoms with Gasteiger partial charge in [0.2, 0.25) is 10.0 Å². The fraction of sp³-hybridized carbons (Fsp3) is 0.875. The molecule has 0 saturated carbocycles. The largest absolute Gasteiger partial charge is 0.402 e. The van der Waals surface area contributed by atoms with Crippen LogP contribution < -0.4 is 0 Å². The highest BCUT2D eigenvalue weighted by Crippen LogP contribution is 2.20. The molecule has 0 amide bonds. The summed E-state index contributed by atoms with van der Waals surface area (Å²) in [6.07, 6.45) is -4.63. The topological polar surface area (TPSA) is 61.2 Å². The van der Waals surface area contributed by atoms with Gasteiger partial charge in [-0.05, 0) is 6.42 Å². The molecule has 0 radical (unpaired) electrons. The molecule has 0 aromatic rings. The molecule has 0 aliphatic heterocycles. The van der Waals surface area contributed by atoms with Crippen molar-refractivity contribution in [1.82, 2.24) is 4.31 Å². The lowest BCUT2D eigenvalue weighted by Crippen LogP contribution is -2.43. The van der Waals surface area contributed by atoms with E-state index in [0.29, 0.717) is 0 Å². The molecule has 16 heavy (non-hydrogen) atoms. The van der Waals surface area contributed by atoms with Crippen LogP contribution in [0.25, 0.3) is 0 Å². The summed E-state index contributed by atoms with van der Waals surface area (Å²) in [5.41, 5.74) is 0. The smallest absolute Gasteiger partial charge is 0.211 e. The molecular weight excluding hydrogens is 245 g/mol. The molecule has 4 nitrogen and oxygen atoms in total. The zero-order valence-corrected chi connectivity index (χ0v) is 9.77. The molecule has 0 rings (SSSR count). The highest BCUT2D eigenvalue weighted by atomic mass is 32.2. The van der Waals surface area contributed by atoms with E-state index in [4.69, 9.17) is 5.26 Å². The minimum Gasteiger partial charge on any atom is -0.211 e. The number of sulfonamides is 1. The molecule has 0 aromatic carbocycles. The van der Waals surface area contributed by atoms with Gasteiger partial charge in [-0.2, -0.15) is 22.7 Å².